The van der Waals surface area contributed by atoms with Crippen molar-refractivity contribution in [2.45, 2.75) is 6.42 Å². The largest absolute Gasteiger partial charge is 0.475 e. The Labute approximate surface area is 52.0 Å². The van der Waals surface area contributed by atoms with Crippen LogP contribution in [0.4, 0.5) is 0 Å². The van der Waals surface area contributed by atoms with E-state index in [0.717, 1.165) is 5.57 Å². The maximum absolute atomic E-state index is 10.5. The summed E-state index contributed by atoms with van der Waals surface area (Å²) in [6, 6.07) is 0. The summed E-state index contributed by atoms with van der Waals surface area (Å²) in [7, 11) is 0. The van der Waals surface area contributed by atoms with Crippen LogP contribution in [-0.2, 0) is 9.59 Å². The Morgan fingerprint density at radius 1 is 1.67 bits per heavy atom. The molecule has 0 heterocycles. The Hall–Kier alpha value is -1.12. The molecule has 0 saturated heterocycles. The minimum absolute atomic E-state index is 0.373. The number of allylic oxidation sites excluding steroid dienone is 1. The second kappa shape index (κ2) is 1.69. The molecule has 1 N–H and O–H groups in total. The zero-order valence-electron chi connectivity index (χ0n) is 4.76. The number of carboxylic acid groups (broad SMARTS) is 1. The molecule has 1 aliphatic carbocycles. The van der Waals surface area contributed by atoms with Gasteiger partial charge in [-0.15, -0.1) is 0 Å². The zero-order valence-corrected chi connectivity index (χ0v) is 4.76. The van der Waals surface area contributed by atoms with Crippen molar-refractivity contribution in [1.82, 2.24) is 0 Å². The normalized spacial score (nSPS) is 23.6. The molecule has 0 bridgehead atoms. The van der Waals surface area contributed by atoms with E-state index in [2.05, 4.69) is 6.58 Å². The maximum atomic E-state index is 10.5. The molecule has 1 atom stereocenters. The van der Waals surface area contributed by atoms with Gasteiger partial charge in [-0.1, -0.05) is 12.2 Å². The lowest BCUT2D eigenvalue weighted by atomic mass is 10.2. The van der Waals surface area contributed by atoms with Crippen LogP contribution in [0.2, 0.25) is 0 Å². The summed E-state index contributed by atoms with van der Waals surface area (Å²) in [4.78, 5) is 20.4. The second-order valence-electron chi connectivity index (χ2n) is 2.08. The Morgan fingerprint density at radius 3 is 2.22 bits per heavy atom. The number of ketones is 1. The third-order valence-electron chi connectivity index (χ3n) is 1.33. The van der Waals surface area contributed by atoms with Crippen LogP contribution in [0.15, 0.2) is 12.2 Å². The number of Topliss-reactive ketones (excluding diaryl/α,β-unsaturated/α-hetero) is 1. The number of carbonyl (C=O) groups excluding carboxylic acids is 1. The number of rotatable bonds is 2. The quantitative estimate of drug-likeness (QED) is 0.425. The molecule has 0 aromatic rings. The number of carboxylic acids is 1. The Bertz CT molecular complexity index is 192. The van der Waals surface area contributed by atoms with Crippen LogP contribution in [0.1, 0.15) is 6.42 Å². The molecule has 1 unspecified atom stereocenters. The van der Waals surface area contributed by atoms with Crippen LogP contribution < -0.4 is 0 Å². The molecule has 1 rings (SSSR count). The fourth-order valence-electron chi connectivity index (χ4n) is 0.630. The Morgan fingerprint density at radius 2 is 2.11 bits per heavy atom. The minimum Gasteiger partial charge on any atom is -0.475 e. The van der Waals surface area contributed by atoms with Crippen molar-refractivity contribution in [1.29, 1.82) is 0 Å². The molecule has 0 aromatic heterocycles. The Balaban J connectivity index is 2.55. The average Bonchev–Trinajstić information content (AvgIpc) is 2.44. The third-order valence-corrected chi connectivity index (χ3v) is 1.33. The molecule has 0 aliphatic heterocycles. The lowest BCUT2D eigenvalue weighted by molar-refractivity contribution is -0.149. The van der Waals surface area contributed by atoms with Crippen molar-refractivity contribution < 1.29 is 14.7 Å². The topological polar surface area (TPSA) is 54.4 Å². The highest BCUT2D eigenvalue weighted by Crippen LogP contribution is 2.36. The van der Waals surface area contributed by atoms with E-state index in [4.69, 9.17) is 5.11 Å². The van der Waals surface area contributed by atoms with Crippen LogP contribution in [0.3, 0.4) is 0 Å². The first kappa shape index (κ1) is 6.01. The molecule has 0 aromatic carbocycles. The zero-order chi connectivity index (χ0) is 7.02. The van der Waals surface area contributed by atoms with Gasteiger partial charge in [0.05, 0.1) is 5.92 Å². The van der Waals surface area contributed by atoms with Crippen LogP contribution >= 0.6 is 0 Å². The van der Waals surface area contributed by atoms with Crippen molar-refractivity contribution in [3.05, 3.63) is 12.2 Å². The van der Waals surface area contributed by atoms with Crippen LogP contribution in [0.5, 0.6) is 0 Å². The van der Waals surface area contributed by atoms with E-state index in [1.807, 2.05) is 0 Å². The van der Waals surface area contributed by atoms with E-state index < -0.39 is 11.8 Å². The molecule has 0 radical (unpaired) electrons. The van der Waals surface area contributed by atoms with Gasteiger partial charge in [0.15, 0.2) is 0 Å². The van der Waals surface area contributed by atoms with E-state index in [0.29, 0.717) is 6.42 Å². The van der Waals surface area contributed by atoms with Crippen molar-refractivity contribution in [3.8, 4) is 0 Å². The standard InChI is InChI=1S/C6H6O3/c1-3-2-4(3)5(7)6(8)9/h4H,1-2H2,(H,8,9). The molecular formula is C6H6O3. The minimum atomic E-state index is -1.35. The van der Waals surface area contributed by atoms with Gasteiger partial charge in [0.25, 0.3) is 0 Å². The van der Waals surface area contributed by atoms with E-state index in [1.165, 1.54) is 0 Å². The van der Waals surface area contributed by atoms with Gasteiger partial charge < -0.3 is 5.11 Å². The molecule has 48 valence electrons. The summed E-state index contributed by atoms with van der Waals surface area (Å²) in [5, 5.41) is 8.12. The molecule has 3 heteroatoms. The van der Waals surface area contributed by atoms with Crippen LogP contribution in [0.25, 0.3) is 0 Å². The molecule has 9 heavy (non-hydrogen) atoms. The number of hydrogen-bond acceptors (Lipinski definition) is 2. The third kappa shape index (κ3) is 0.988. The van der Waals surface area contributed by atoms with Gasteiger partial charge in [0.1, 0.15) is 0 Å². The molecule has 0 amide bonds. The van der Waals surface area contributed by atoms with Crippen molar-refractivity contribution in [2.75, 3.05) is 0 Å². The van der Waals surface area contributed by atoms with E-state index >= 15 is 0 Å². The van der Waals surface area contributed by atoms with Crippen molar-refractivity contribution >= 4 is 11.8 Å². The molecule has 1 fully saturated rings. The van der Waals surface area contributed by atoms with Gasteiger partial charge in [0, 0.05) is 0 Å². The first-order chi connectivity index (χ1) is 4.13. The molecule has 0 spiro atoms. The summed E-state index contributed by atoms with van der Waals surface area (Å²) in [5.41, 5.74) is 0.738. The highest BCUT2D eigenvalue weighted by atomic mass is 16.4. The molecular weight excluding hydrogens is 120 g/mol. The first-order valence-corrected chi connectivity index (χ1v) is 2.57. The van der Waals surface area contributed by atoms with Crippen LogP contribution in [-0.4, -0.2) is 16.9 Å². The fourth-order valence-corrected chi connectivity index (χ4v) is 0.630. The highest BCUT2D eigenvalue weighted by Gasteiger charge is 2.38. The number of carbonyl (C=O) groups is 2. The van der Waals surface area contributed by atoms with Crippen molar-refractivity contribution in [2.24, 2.45) is 5.92 Å². The summed E-state index contributed by atoms with van der Waals surface area (Å²) in [5.74, 6) is -2.44. The van der Waals surface area contributed by atoms with Crippen LogP contribution in [0, 0.1) is 5.92 Å². The van der Waals surface area contributed by atoms with Gasteiger partial charge in [-0.2, -0.15) is 0 Å². The maximum Gasteiger partial charge on any atom is 0.372 e. The average molecular weight is 126 g/mol. The molecule has 1 aliphatic rings. The summed E-state index contributed by atoms with van der Waals surface area (Å²) < 4.78 is 0. The lowest BCUT2D eigenvalue weighted by Crippen LogP contribution is -2.13. The predicted octanol–water partition coefficient (Wildman–Crippen LogP) is 0.216. The van der Waals surface area contributed by atoms with E-state index in [9.17, 15) is 9.59 Å². The summed E-state index contributed by atoms with van der Waals surface area (Å²) in [6.45, 7) is 3.47. The fraction of sp³-hybridized carbons (Fsp3) is 0.333. The van der Waals surface area contributed by atoms with E-state index in [1.54, 1.807) is 0 Å². The van der Waals surface area contributed by atoms with Gasteiger partial charge in [-0.25, -0.2) is 4.79 Å². The van der Waals surface area contributed by atoms with E-state index in [-0.39, 0.29) is 5.92 Å². The van der Waals surface area contributed by atoms with Gasteiger partial charge in [-0.3, -0.25) is 4.79 Å². The SMILES string of the molecule is C=C1CC1C(=O)C(=O)O. The summed E-state index contributed by atoms with van der Waals surface area (Å²) >= 11 is 0. The summed E-state index contributed by atoms with van der Waals surface area (Å²) in [6.07, 6.45) is 0.561. The lowest BCUT2D eigenvalue weighted by Gasteiger charge is -1.83. The first-order valence-electron chi connectivity index (χ1n) is 2.57. The Kier molecular flexibility index (Phi) is 1.12. The van der Waals surface area contributed by atoms with Gasteiger partial charge in [0.2, 0.25) is 5.78 Å². The van der Waals surface area contributed by atoms with Gasteiger partial charge >= 0.3 is 5.97 Å². The monoisotopic (exact) mass is 126 g/mol. The smallest absolute Gasteiger partial charge is 0.372 e. The molecule has 3 nitrogen and oxygen atoms in total. The number of hydrogen-bond donors (Lipinski definition) is 1. The van der Waals surface area contributed by atoms with Gasteiger partial charge in [-0.05, 0) is 6.42 Å². The predicted molar refractivity (Wildman–Crippen MR) is 29.9 cm³/mol. The molecule has 1 saturated carbocycles. The highest BCUT2D eigenvalue weighted by molar-refractivity contribution is 6.35. The van der Waals surface area contributed by atoms with Crippen molar-refractivity contribution in [3.63, 3.8) is 0 Å². The second-order valence-corrected chi connectivity index (χ2v) is 2.08. The number of aliphatic carboxylic acids is 1.